The number of fused-ring (bicyclic) bond motifs is 1. The van der Waals surface area contributed by atoms with Gasteiger partial charge in [0, 0.05) is 30.5 Å². The van der Waals surface area contributed by atoms with E-state index >= 15 is 0 Å². The summed E-state index contributed by atoms with van der Waals surface area (Å²) in [5.74, 6) is 1.23. The average Bonchev–Trinajstić information content (AvgIpc) is 3.04. The van der Waals surface area contributed by atoms with Crippen LogP contribution < -0.4 is 4.74 Å². The Kier molecular flexibility index (Phi) is 4.12. The van der Waals surface area contributed by atoms with Crippen molar-refractivity contribution in [3.63, 3.8) is 0 Å². The smallest absolute Gasteiger partial charge is 0.223 e. The zero-order valence-corrected chi connectivity index (χ0v) is 13.5. The number of hydrogen-bond donors (Lipinski definition) is 0. The lowest BCUT2D eigenvalue weighted by Gasteiger charge is -2.27. The minimum Gasteiger partial charge on any atom is -0.493 e. The second kappa shape index (κ2) is 5.91. The van der Waals surface area contributed by atoms with Crippen LogP contribution >= 0.6 is 0 Å². The molecule has 6 heteroatoms. The third-order valence-electron chi connectivity index (χ3n) is 4.53. The first-order valence-corrected chi connectivity index (χ1v) is 9.54. The first-order valence-electron chi connectivity index (χ1n) is 7.72. The predicted molar refractivity (Wildman–Crippen MR) is 83.7 cm³/mol. The van der Waals surface area contributed by atoms with Crippen molar-refractivity contribution in [2.45, 2.75) is 31.7 Å². The van der Waals surface area contributed by atoms with E-state index in [1.165, 1.54) is 0 Å². The van der Waals surface area contributed by atoms with Crippen LogP contribution in [0.15, 0.2) is 24.3 Å². The predicted octanol–water partition coefficient (Wildman–Crippen LogP) is 1.59. The highest BCUT2D eigenvalue weighted by Crippen LogP contribution is 2.36. The molecule has 3 rings (SSSR count). The minimum atomic E-state index is -2.98. The molecule has 0 N–H and O–H groups in total. The van der Waals surface area contributed by atoms with Gasteiger partial charge in [-0.3, -0.25) is 4.79 Å². The molecule has 0 aliphatic carbocycles. The van der Waals surface area contributed by atoms with Gasteiger partial charge in [0.15, 0.2) is 9.84 Å². The summed E-state index contributed by atoms with van der Waals surface area (Å²) in [6.45, 7) is 2.97. The largest absolute Gasteiger partial charge is 0.493 e. The molecule has 0 bridgehead atoms. The molecule has 0 aromatic heterocycles. The third-order valence-corrected chi connectivity index (χ3v) is 6.28. The summed E-state index contributed by atoms with van der Waals surface area (Å²) in [4.78, 5) is 14.3. The highest BCUT2D eigenvalue weighted by Gasteiger charge is 2.35. The fraction of sp³-hybridized carbons (Fsp3) is 0.562. The molecule has 1 fully saturated rings. The Bertz CT molecular complexity index is 670. The molecule has 1 amide bonds. The van der Waals surface area contributed by atoms with Crippen LogP contribution in [0.1, 0.15) is 31.2 Å². The molecule has 2 heterocycles. The highest BCUT2D eigenvalue weighted by atomic mass is 32.2. The number of carbonyl (C=O) groups is 1. The maximum absolute atomic E-state index is 12.6. The Hall–Kier alpha value is -1.56. The molecule has 1 aromatic rings. The van der Waals surface area contributed by atoms with Crippen LogP contribution in [0.25, 0.3) is 0 Å². The van der Waals surface area contributed by atoms with Gasteiger partial charge in [-0.15, -0.1) is 0 Å². The van der Waals surface area contributed by atoms with Gasteiger partial charge >= 0.3 is 0 Å². The number of rotatable bonds is 4. The summed E-state index contributed by atoms with van der Waals surface area (Å²) in [6.07, 6.45) is 0.932. The quantitative estimate of drug-likeness (QED) is 0.844. The molecule has 2 unspecified atom stereocenters. The van der Waals surface area contributed by atoms with Crippen LogP contribution in [-0.2, 0) is 14.6 Å². The van der Waals surface area contributed by atoms with Crippen LogP contribution in [0.5, 0.6) is 5.75 Å². The first-order chi connectivity index (χ1) is 10.5. The molecule has 22 heavy (non-hydrogen) atoms. The molecule has 1 aromatic carbocycles. The summed E-state index contributed by atoms with van der Waals surface area (Å²) < 4.78 is 28.9. The second-order valence-corrected chi connectivity index (χ2v) is 8.22. The van der Waals surface area contributed by atoms with Gasteiger partial charge in [-0.25, -0.2) is 8.42 Å². The molecule has 1 saturated heterocycles. The lowest BCUT2D eigenvalue weighted by Crippen LogP contribution is -2.41. The van der Waals surface area contributed by atoms with Crippen molar-refractivity contribution in [1.82, 2.24) is 4.90 Å². The van der Waals surface area contributed by atoms with E-state index in [0.717, 1.165) is 11.3 Å². The van der Waals surface area contributed by atoms with E-state index in [-0.39, 0.29) is 29.4 Å². The number of hydrogen-bond acceptors (Lipinski definition) is 4. The van der Waals surface area contributed by atoms with E-state index in [4.69, 9.17) is 4.74 Å². The first kappa shape index (κ1) is 15.3. The number of para-hydroxylation sites is 1. The molecule has 0 saturated carbocycles. The van der Waals surface area contributed by atoms with Crippen molar-refractivity contribution in [3.8, 4) is 5.75 Å². The lowest BCUT2D eigenvalue weighted by molar-refractivity contribution is -0.133. The van der Waals surface area contributed by atoms with Gasteiger partial charge in [0.2, 0.25) is 5.91 Å². The van der Waals surface area contributed by atoms with Crippen molar-refractivity contribution < 1.29 is 17.9 Å². The van der Waals surface area contributed by atoms with Crippen LogP contribution in [0.2, 0.25) is 0 Å². The average molecular weight is 323 g/mol. The van der Waals surface area contributed by atoms with Crippen LogP contribution in [0, 0.1) is 0 Å². The Morgan fingerprint density at radius 3 is 2.82 bits per heavy atom. The van der Waals surface area contributed by atoms with Gasteiger partial charge in [0.1, 0.15) is 5.75 Å². The Balaban J connectivity index is 1.69. The van der Waals surface area contributed by atoms with Crippen molar-refractivity contribution in [2.24, 2.45) is 0 Å². The Morgan fingerprint density at radius 1 is 1.36 bits per heavy atom. The molecule has 2 aliphatic rings. The molecule has 120 valence electrons. The summed E-state index contributed by atoms with van der Waals surface area (Å²) in [5, 5.41) is 0. The second-order valence-electron chi connectivity index (χ2n) is 5.99. The monoisotopic (exact) mass is 323 g/mol. The Labute approximate surface area is 131 Å². The molecule has 5 nitrogen and oxygen atoms in total. The van der Waals surface area contributed by atoms with Crippen LogP contribution in [0.3, 0.4) is 0 Å². The molecule has 2 atom stereocenters. The van der Waals surface area contributed by atoms with Gasteiger partial charge in [-0.2, -0.15) is 0 Å². The number of benzene rings is 1. The number of amides is 1. The summed E-state index contributed by atoms with van der Waals surface area (Å²) in [5.41, 5.74) is 1.07. The molecule has 0 spiro atoms. The Morgan fingerprint density at radius 2 is 2.14 bits per heavy atom. The fourth-order valence-corrected chi connectivity index (χ4v) is 5.12. The van der Waals surface area contributed by atoms with E-state index in [2.05, 4.69) is 0 Å². The summed E-state index contributed by atoms with van der Waals surface area (Å²) in [6, 6.07) is 7.62. The highest BCUT2D eigenvalue weighted by molar-refractivity contribution is 7.91. The van der Waals surface area contributed by atoms with Gasteiger partial charge < -0.3 is 9.64 Å². The topological polar surface area (TPSA) is 63.7 Å². The lowest BCUT2D eigenvalue weighted by atomic mass is 9.97. The maximum Gasteiger partial charge on any atom is 0.223 e. The summed E-state index contributed by atoms with van der Waals surface area (Å²) in [7, 11) is -2.98. The molecular formula is C16H21NO4S. The third kappa shape index (κ3) is 2.97. The van der Waals surface area contributed by atoms with E-state index in [1.54, 1.807) is 4.90 Å². The van der Waals surface area contributed by atoms with Crippen LogP contribution in [-0.4, -0.2) is 49.9 Å². The normalized spacial score (nSPS) is 25.5. The van der Waals surface area contributed by atoms with Gasteiger partial charge in [0.05, 0.1) is 18.1 Å². The number of ether oxygens (including phenoxy) is 1. The van der Waals surface area contributed by atoms with Gasteiger partial charge in [-0.1, -0.05) is 18.2 Å². The SMILES string of the molecule is CCN(C(=O)CC1COc2ccccc21)C1CCS(=O)(=O)C1. The molecule has 0 radical (unpaired) electrons. The minimum absolute atomic E-state index is 0.0231. The van der Waals surface area contributed by atoms with Crippen molar-refractivity contribution in [2.75, 3.05) is 24.7 Å². The van der Waals surface area contributed by atoms with Gasteiger partial charge in [0.25, 0.3) is 0 Å². The van der Waals surface area contributed by atoms with Crippen molar-refractivity contribution in [3.05, 3.63) is 29.8 Å². The molecule has 2 aliphatic heterocycles. The van der Waals surface area contributed by atoms with E-state index in [9.17, 15) is 13.2 Å². The van der Waals surface area contributed by atoms with Crippen LogP contribution in [0.4, 0.5) is 0 Å². The number of nitrogens with zero attached hydrogens (tertiary/aromatic N) is 1. The van der Waals surface area contributed by atoms with E-state index in [0.29, 0.717) is 26.0 Å². The van der Waals surface area contributed by atoms with E-state index in [1.807, 2.05) is 31.2 Å². The standard InChI is InChI=1S/C16H21NO4S/c1-2-17(13-7-8-22(19,20)11-13)16(18)9-12-10-21-15-6-4-3-5-14(12)15/h3-6,12-13H,2,7-11H2,1H3. The zero-order chi connectivity index (χ0) is 15.7. The number of carbonyl (C=O) groups excluding carboxylic acids is 1. The fourth-order valence-electron chi connectivity index (χ4n) is 3.39. The van der Waals surface area contributed by atoms with E-state index < -0.39 is 9.84 Å². The number of sulfone groups is 1. The van der Waals surface area contributed by atoms with Crippen molar-refractivity contribution >= 4 is 15.7 Å². The van der Waals surface area contributed by atoms with Crippen molar-refractivity contribution in [1.29, 1.82) is 0 Å². The van der Waals surface area contributed by atoms with Gasteiger partial charge in [-0.05, 0) is 19.4 Å². The zero-order valence-electron chi connectivity index (χ0n) is 12.7. The summed E-state index contributed by atoms with van der Waals surface area (Å²) >= 11 is 0. The maximum atomic E-state index is 12.6. The molecular weight excluding hydrogens is 302 g/mol.